The average molecular weight is 537 g/mol. The third-order valence-electron chi connectivity index (χ3n) is 6.55. The van der Waals surface area contributed by atoms with Crippen LogP contribution in [0.15, 0.2) is 36.4 Å². The predicted octanol–water partition coefficient (Wildman–Crippen LogP) is 6.26. The number of hydrogen-bond acceptors (Lipinski definition) is 5. The number of rotatable bonds is 10. The summed E-state index contributed by atoms with van der Waals surface area (Å²) in [5.74, 6) is 0.239. The molecule has 2 aromatic carbocycles. The smallest absolute Gasteiger partial charge is 0.347 e. The highest BCUT2D eigenvalue weighted by Crippen LogP contribution is 2.33. The summed E-state index contributed by atoms with van der Waals surface area (Å²) in [6.07, 6.45) is 4.26. The van der Waals surface area contributed by atoms with Crippen LogP contribution >= 0.6 is 23.2 Å². The fourth-order valence-corrected chi connectivity index (χ4v) is 4.79. The van der Waals surface area contributed by atoms with E-state index in [4.69, 9.17) is 32.7 Å². The fourth-order valence-electron chi connectivity index (χ4n) is 4.33. The Morgan fingerprint density at radius 3 is 2.39 bits per heavy atom. The summed E-state index contributed by atoms with van der Waals surface area (Å²) < 4.78 is 11.2. The molecule has 36 heavy (non-hydrogen) atoms. The van der Waals surface area contributed by atoms with Crippen LogP contribution in [-0.2, 0) is 16.1 Å². The van der Waals surface area contributed by atoms with E-state index in [1.165, 1.54) is 21.0 Å². The lowest BCUT2D eigenvalue weighted by Gasteiger charge is -2.36. The van der Waals surface area contributed by atoms with Gasteiger partial charge in [-0.1, -0.05) is 36.2 Å². The molecule has 196 valence electrons. The predicted molar refractivity (Wildman–Crippen MR) is 142 cm³/mol. The van der Waals surface area contributed by atoms with Crippen LogP contribution in [0.1, 0.15) is 52.0 Å². The SMILES string of the molecule is COc1cc(CN(CC(=O)Nc2ccc(Cl)cc2Cl)C2CCC(C)CC2)ccc1OC(C)(C)C(=O)O. The molecule has 0 saturated heterocycles. The van der Waals surface area contributed by atoms with Gasteiger partial charge in [-0.05, 0) is 81.3 Å². The highest BCUT2D eigenvalue weighted by molar-refractivity contribution is 6.36. The van der Waals surface area contributed by atoms with E-state index in [1.807, 2.05) is 12.1 Å². The van der Waals surface area contributed by atoms with Gasteiger partial charge >= 0.3 is 5.97 Å². The van der Waals surface area contributed by atoms with E-state index in [9.17, 15) is 14.7 Å². The van der Waals surface area contributed by atoms with Crippen LogP contribution in [0.4, 0.5) is 5.69 Å². The van der Waals surface area contributed by atoms with Crippen molar-refractivity contribution in [3.63, 3.8) is 0 Å². The van der Waals surface area contributed by atoms with E-state index in [0.717, 1.165) is 31.2 Å². The number of nitrogens with one attached hydrogen (secondary N) is 1. The molecular weight excluding hydrogens is 503 g/mol. The molecule has 0 unspecified atom stereocenters. The van der Waals surface area contributed by atoms with Gasteiger partial charge < -0.3 is 19.9 Å². The average Bonchev–Trinajstić information content (AvgIpc) is 2.81. The van der Waals surface area contributed by atoms with Gasteiger partial charge in [-0.15, -0.1) is 0 Å². The van der Waals surface area contributed by atoms with Gasteiger partial charge in [-0.3, -0.25) is 9.69 Å². The summed E-state index contributed by atoms with van der Waals surface area (Å²) in [6.45, 7) is 5.96. The van der Waals surface area contributed by atoms with Crippen LogP contribution in [-0.4, -0.2) is 47.2 Å². The first-order chi connectivity index (χ1) is 17.0. The summed E-state index contributed by atoms with van der Waals surface area (Å²) in [6, 6.07) is 10.7. The number of carboxylic acids is 1. The van der Waals surface area contributed by atoms with Crippen LogP contribution in [0, 0.1) is 5.92 Å². The minimum atomic E-state index is -1.40. The van der Waals surface area contributed by atoms with Crippen molar-refractivity contribution in [2.75, 3.05) is 19.0 Å². The van der Waals surface area contributed by atoms with Crippen molar-refractivity contribution in [2.24, 2.45) is 5.92 Å². The lowest BCUT2D eigenvalue weighted by molar-refractivity contribution is -0.152. The molecule has 1 aliphatic carbocycles. The van der Waals surface area contributed by atoms with Gasteiger partial charge in [0.1, 0.15) is 0 Å². The molecule has 0 bridgehead atoms. The molecule has 0 heterocycles. The van der Waals surface area contributed by atoms with Gasteiger partial charge in [0, 0.05) is 17.6 Å². The number of nitrogens with zero attached hydrogens (tertiary/aromatic N) is 1. The molecule has 0 aliphatic heterocycles. The molecule has 0 spiro atoms. The van der Waals surface area contributed by atoms with Crippen LogP contribution in [0.2, 0.25) is 10.0 Å². The second-order valence-electron chi connectivity index (χ2n) is 9.89. The van der Waals surface area contributed by atoms with Crippen LogP contribution in [0.25, 0.3) is 0 Å². The normalized spacial score (nSPS) is 18.1. The number of carboxylic acid groups (broad SMARTS) is 1. The number of anilines is 1. The molecule has 7 nitrogen and oxygen atoms in total. The first-order valence-corrected chi connectivity index (χ1v) is 12.8. The first kappa shape index (κ1) is 28.1. The van der Waals surface area contributed by atoms with Crippen molar-refractivity contribution in [1.82, 2.24) is 4.90 Å². The van der Waals surface area contributed by atoms with Crippen molar-refractivity contribution in [1.29, 1.82) is 0 Å². The Kier molecular flexibility index (Phi) is 9.50. The van der Waals surface area contributed by atoms with E-state index >= 15 is 0 Å². The molecule has 0 radical (unpaired) electrons. The number of carbonyl (C=O) groups is 2. The van der Waals surface area contributed by atoms with Crippen molar-refractivity contribution in [3.8, 4) is 11.5 Å². The van der Waals surface area contributed by atoms with Gasteiger partial charge in [-0.2, -0.15) is 0 Å². The maximum atomic E-state index is 13.0. The zero-order chi connectivity index (χ0) is 26.5. The van der Waals surface area contributed by atoms with E-state index in [-0.39, 0.29) is 18.5 Å². The van der Waals surface area contributed by atoms with Crippen LogP contribution < -0.4 is 14.8 Å². The van der Waals surface area contributed by atoms with Gasteiger partial charge in [0.2, 0.25) is 5.91 Å². The number of aliphatic carboxylic acids is 1. The van der Waals surface area contributed by atoms with Crippen molar-refractivity contribution >= 4 is 40.8 Å². The zero-order valence-corrected chi connectivity index (χ0v) is 22.7. The summed E-state index contributed by atoms with van der Waals surface area (Å²) in [5, 5.41) is 13.2. The Hall–Kier alpha value is -2.48. The quantitative estimate of drug-likeness (QED) is 0.372. The minimum absolute atomic E-state index is 0.159. The Morgan fingerprint density at radius 1 is 1.08 bits per heavy atom. The third-order valence-corrected chi connectivity index (χ3v) is 7.10. The molecule has 0 aromatic heterocycles. The minimum Gasteiger partial charge on any atom is -0.493 e. The lowest BCUT2D eigenvalue weighted by Crippen LogP contribution is -2.42. The summed E-state index contributed by atoms with van der Waals surface area (Å²) in [5.41, 5.74) is 0.0523. The van der Waals surface area contributed by atoms with Gasteiger partial charge in [0.25, 0.3) is 0 Å². The molecular formula is C27H34Cl2N2O5. The molecule has 1 amide bonds. The largest absolute Gasteiger partial charge is 0.493 e. The highest BCUT2D eigenvalue weighted by atomic mass is 35.5. The molecule has 2 aromatic rings. The number of hydrogen-bond donors (Lipinski definition) is 2. The number of methoxy groups -OCH3 is 1. The first-order valence-electron chi connectivity index (χ1n) is 12.1. The van der Waals surface area contributed by atoms with Crippen molar-refractivity contribution < 1.29 is 24.2 Å². The maximum Gasteiger partial charge on any atom is 0.347 e. The van der Waals surface area contributed by atoms with Crippen molar-refractivity contribution in [3.05, 3.63) is 52.0 Å². The molecule has 1 fully saturated rings. The number of carbonyl (C=O) groups excluding carboxylic acids is 1. The monoisotopic (exact) mass is 536 g/mol. The maximum absolute atomic E-state index is 13.0. The molecule has 1 saturated carbocycles. The Morgan fingerprint density at radius 2 is 1.78 bits per heavy atom. The fraction of sp³-hybridized carbons (Fsp3) is 0.481. The number of halogens is 2. The Labute approximate surface area is 222 Å². The van der Waals surface area contributed by atoms with Crippen LogP contribution in [0.5, 0.6) is 11.5 Å². The van der Waals surface area contributed by atoms with E-state index in [2.05, 4.69) is 17.1 Å². The molecule has 2 N–H and O–H groups in total. The van der Waals surface area contributed by atoms with E-state index in [0.29, 0.717) is 39.7 Å². The van der Waals surface area contributed by atoms with Crippen LogP contribution in [0.3, 0.4) is 0 Å². The summed E-state index contributed by atoms with van der Waals surface area (Å²) in [4.78, 5) is 26.7. The van der Waals surface area contributed by atoms with Crippen molar-refractivity contribution in [2.45, 2.75) is 64.6 Å². The van der Waals surface area contributed by atoms with Gasteiger partial charge in [0.05, 0.1) is 24.4 Å². The van der Waals surface area contributed by atoms with Gasteiger partial charge in [0.15, 0.2) is 17.1 Å². The zero-order valence-electron chi connectivity index (χ0n) is 21.1. The number of ether oxygens (including phenoxy) is 2. The highest BCUT2D eigenvalue weighted by Gasteiger charge is 2.31. The molecule has 9 heteroatoms. The lowest BCUT2D eigenvalue weighted by atomic mass is 9.86. The topological polar surface area (TPSA) is 88.1 Å². The molecule has 1 aliphatic rings. The summed E-state index contributed by atoms with van der Waals surface area (Å²) >= 11 is 12.2. The summed E-state index contributed by atoms with van der Waals surface area (Å²) in [7, 11) is 1.52. The third kappa shape index (κ3) is 7.51. The second kappa shape index (κ2) is 12.2. The standard InChI is InChI=1S/C27H34Cl2N2O5/c1-17-5-9-20(10-6-17)31(16-25(32)30-22-11-8-19(28)14-21(22)29)15-18-7-12-23(24(13-18)35-4)36-27(2,3)26(33)34/h7-8,11-14,17,20H,5-6,9-10,15-16H2,1-4H3,(H,30,32)(H,33,34). The molecule has 0 atom stereocenters. The van der Waals surface area contributed by atoms with E-state index < -0.39 is 11.6 Å². The Balaban J connectivity index is 1.78. The van der Waals surface area contributed by atoms with E-state index in [1.54, 1.807) is 24.3 Å². The number of amides is 1. The van der Waals surface area contributed by atoms with Gasteiger partial charge in [-0.25, -0.2) is 4.79 Å². The second-order valence-corrected chi connectivity index (χ2v) is 10.7. The number of benzene rings is 2. The Bertz CT molecular complexity index is 1080. The molecule has 3 rings (SSSR count).